The van der Waals surface area contributed by atoms with Gasteiger partial charge in [-0.1, -0.05) is 42.5 Å². The molecule has 0 aliphatic carbocycles. The van der Waals surface area contributed by atoms with Gasteiger partial charge in [0.2, 0.25) is 0 Å². The summed E-state index contributed by atoms with van der Waals surface area (Å²) in [5, 5.41) is 0. The molecule has 0 saturated heterocycles. The van der Waals surface area contributed by atoms with Crippen molar-refractivity contribution in [3.8, 4) is 11.5 Å². The second-order valence-corrected chi connectivity index (χ2v) is 5.03. The molecule has 0 heterocycles. The normalized spacial score (nSPS) is 11.6. The quantitative estimate of drug-likeness (QED) is 0.821. The van der Waals surface area contributed by atoms with Crippen LogP contribution in [-0.2, 0) is 4.79 Å². The Morgan fingerprint density at radius 3 is 2.27 bits per heavy atom. The Hall–Kier alpha value is -2.49. The number of amides is 1. The average Bonchev–Trinajstić information content (AvgIpc) is 2.59. The van der Waals surface area contributed by atoms with E-state index >= 15 is 0 Å². The Morgan fingerprint density at radius 1 is 1.05 bits per heavy atom. The summed E-state index contributed by atoms with van der Waals surface area (Å²) in [4.78, 5) is 14.0. The van der Waals surface area contributed by atoms with Crippen LogP contribution in [0.3, 0.4) is 0 Å². The van der Waals surface area contributed by atoms with Gasteiger partial charge in [-0.25, -0.2) is 0 Å². The standard InChI is InChI=1S/C18H21NO3/c1-14(15-9-5-4-6-10-15)19(2)18(20)13-22-17-12-8-7-11-16(17)21-3/h4-12,14H,13H2,1-3H3. The van der Waals surface area contributed by atoms with Crippen LogP contribution in [0.2, 0.25) is 0 Å². The first-order valence-electron chi connectivity index (χ1n) is 7.20. The summed E-state index contributed by atoms with van der Waals surface area (Å²) in [5.74, 6) is 1.11. The molecule has 0 spiro atoms. The SMILES string of the molecule is COc1ccccc1OCC(=O)N(C)C(C)c1ccccc1. The van der Waals surface area contributed by atoms with Crippen molar-refractivity contribution in [3.05, 3.63) is 60.2 Å². The molecule has 0 aliphatic rings. The summed E-state index contributed by atoms with van der Waals surface area (Å²) in [5.41, 5.74) is 1.09. The zero-order valence-corrected chi connectivity index (χ0v) is 13.2. The number of likely N-dealkylation sites (N-methyl/N-ethyl adjacent to an activating group) is 1. The summed E-state index contributed by atoms with van der Waals surface area (Å²) < 4.78 is 10.8. The van der Waals surface area contributed by atoms with Crippen LogP contribution in [0, 0.1) is 0 Å². The lowest BCUT2D eigenvalue weighted by molar-refractivity contribution is -0.134. The van der Waals surface area contributed by atoms with Crippen LogP contribution in [-0.4, -0.2) is 31.6 Å². The monoisotopic (exact) mass is 299 g/mol. The number of benzene rings is 2. The summed E-state index contributed by atoms with van der Waals surface area (Å²) in [6, 6.07) is 17.2. The molecular formula is C18H21NO3. The second-order valence-electron chi connectivity index (χ2n) is 5.03. The zero-order chi connectivity index (χ0) is 15.9. The van der Waals surface area contributed by atoms with E-state index in [0.29, 0.717) is 11.5 Å². The number of ether oxygens (including phenoxy) is 2. The molecule has 2 aromatic carbocycles. The molecule has 1 unspecified atom stereocenters. The van der Waals surface area contributed by atoms with Crippen molar-refractivity contribution in [2.45, 2.75) is 13.0 Å². The molecular weight excluding hydrogens is 278 g/mol. The molecule has 0 N–H and O–H groups in total. The highest BCUT2D eigenvalue weighted by Gasteiger charge is 2.18. The fraction of sp³-hybridized carbons (Fsp3) is 0.278. The minimum atomic E-state index is -0.0812. The van der Waals surface area contributed by atoms with Gasteiger partial charge in [0.25, 0.3) is 5.91 Å². The van der Waals surface area contributed by atoms with Gasteiger partial charge >= 0.3 is 0 Å². The van der Waals surface area contributed by atoms with Crippen LogP contribution >= 0.6 is 0 Å². The lowest BCUT2D eigenvalue weighted by Gasteiger charge is -2.25. The lowest BCUT2D eigenvalue weighted by Crippen LogP contribution is -2.33. The van der Waals surface area contributed by atoms with Gasteiger partial charge in [0, 0.05) is 7.05 Å². The summed E-state index contributed by atoms with van der Waals surface area (Å²) in [7, 11) is 3.36. The first kappa shape index (κ1) is 15.9. The molecule has 22 heavy (non-hydrogen) atoms. The van der Waals surface area contributed by atoms with Crippen LogP contribution < -0.4 is 9.47 Å². The second kappa shape index (κ2) is 7.50. The van der Waals surface area contributed by atoms with Gasteiger partial charge in [0.15, 0.2) is 18.1 Å². The molecule has 0 saturated carbocycles. The molecule has 0 aromatic heterocycles. The number of hydrogen-bond donors (Lipinski definition) is 0. The van der Waals surface area contributed by atoms with Crippen LogP contribution in [0.15, 0.2) is 54.6 Å². The molecule has 0 fully saturated rings. The maximum atomic E-state index is 12.3. The Kier molecular flexibility index (Phi) is 5.42. The van der Waals surface area contributed by atoms with Gasteiger partial charge in [-0.15, -0.1) is 0 Å². The van der Waals surface area contributed by atoms with Crippen molar-refractivity contribution < 1.29 is 14.3 Å². The highest BCUT2D eigenvalue weighted by atomic mass is 16.5. The van der Waals surface area contributed by atoms with Gasteiger partial charge in [-0.05, 0) is 24.6 Å². The zero-order valence-electron chi connectivity index (χ0n) is 13.2. The number of methoxy groups -OCH3 is 1. The van der Waals surface area contributed by atoms with Crippen molar-refractivity contribution in [3.63, 3.8) is 0 Å². The molecule has 4 heteroatoms. The maximum Gasteiger partial charge on any atom is 0.260 e. The topological polar surface area (TPSA) is 38.8 Å². The molecule has 2 aromatic rings. The number of hydrogen-bond acceptors (Lipinski definition) is 3. The van der Waals surface area contributed by atoms with E-state index in [1.54, 1.807) is 31.2 Å². The first-order chi connectivity index (χ1) is 10.6. The van der Waals surface area contributed by atoms with Gasteiger partial charge in [0.05, 0.1) is 13.2 Å². The number of carbonyl (C=O) groups is 1. The summed E-state index contributed by atoms with van der Waals surface area (Å²) in [6.07, 6.45) is 0. The predicted octanol–water partition coefficient (Wildman–Crippen LogP) is 3.29. The fourth-order valence-electron chi connectivity index (χ4n) is 2.15. The number of carbonyl (C=O) groups excluding carboxylic acids is 1. The molecule has 0 aliphatic heterocycles. The average molecular weight is 299 g/mol. The van der Waals surface area contributed by atoms with Gasteiger partial charge in [-0.3, -0.25) is 4.79 Å². The molecule has 0 bridgehead atoms. The van der Waals surface area contributed by atoms with Gasteiger partial charge in [0.1, 0.15) is 0 Å². The molecule has 0 radical (unpaired) electrons. The van der Waals surface area contributed by atoms with E-state index in [0.717, 1.165) is 5.56 Å². The molecule has 2 rings (SSSR count). The van der Waals surface area contributed by atoms with Crippen LogP contribution in [0.1, 0.15) is 18.5 Å². The maximum absolute atomic E-state index is 12.3. The van der Waals surface area contributed by atoms with E-state index in [4.69, 9.17) is 9.47 Å². The van der Waals surface area contributed by atoms with E-state index in [2.05, 4.69) is 0 Å². The minimum absolute atomic E-state index is 0.00466. The Balaban J connectivity index is 1.97. The van der Waals surface area contributed by atoms with Gasteiger partial charge < -0.3 is 14.4 Å². The van der Waals surface area contributed by atoms with Crippen molar-refractivity contribution in [1.29, 1.82) is 0 Å². The van der Waals surface area contributed by atoms with E-state index in [1.165, 1.54) is 0 Å². The van der Waals surface area contributed by atoms with Crippen molar-refractivity contribution in [2.75, 3.05) is 20.8 Å². The first-order valence-corrected chi connectivity index (χ1v) is 7.20. The summed E-state index contributed by atoms with van der Waals surface area (Å²) >= 11 is 0. The highest BCUT2D eigenvalue weighted by Crippen LogP contribution is 2.26. The number of para-hydroxylation sites is 2. The molecule has 116 valence electrons. The molecule has 4 nitrogen and oxygen atoms in total. The van der Waals surface area contributed by atoms with E-state index < -0.39 is 0 Å². The predicted molar refractivity (Wildman–Crippen MR) is 86.1 cm³/mol. The van der Waals surface area contributed by atoms with E-state index in [-0.39, 0.29) is 18.6 Å². The molecule has 1 atom stereocenters. The van der Waals surface area contributed by atoms with Crippen LogP contribution in [0.25, 0.3) is 0 Å². The third-order valence-electron chi connectivity index (χ3n) is 3.68. The van der Waals surface area contributed by atoms with Gasteiger partial charge in [-0.2, -0.15) is 0 Å². The third-order valence-corrected chi connectivity index (χ3v) is 3.68. The Morgan fingerprint density at radius 2 is 1.64 bits per heavy atom. The fourth-order valence-corrected chi connectivity index (χ4v) is 2.15. The third kappa shape index (κ3) is 3.79. The largest absolute Gasteiger partial charge is 0.493 e. The molecule has 1 amide bonds. The van der Waals surface area contributed by atoms with Crippen LogP contribution in [0.5, 0.6) is 11.5 Å². The summed E-state index contributed by atoms with van der Waals surface area (Å²) in [6.45, 7) is 1.98. The Bertz CT molecular complexity index is 613. The minimum Gasteiger partial charge on any atom is -0.493 e. The Labute approximate surface area is 131 Å². The van der Waals surface area contributed by atoms with E-state index in [1.807, 2.05) is 49.4 Å². The smallest absolute Gasteiger partial charge is 0.260 e. The van der Waals surface area contributed by atoms with Crippen LogP contribution in [0.4, 0.5) is 0 Å². The van der Waals surface area contributed by atoms with E-state index in [9.17, 15) is 4.79 Å². The number of rotatable bonds is 6. The van der Waals surface area contributed by atoms with Crippen molar-refractivity contribution in [1.82, 2.24) is 4.90 Å². The lowest BCUT2D eigenvalue weighted by atomic mass is 10.1. The van der Waals surface area contributed by atoms with Crippen molar-refractivity contribution >= 4 is 5.91 Å². The number of nitrogens with zero attached hydrogens (tertiary/aromatic N) is 1. The highest BCUT2D eigenvalue weighted by molar-refractivity contribution is 5.78. The van der Waals surface area contributed by atoms with Crippen molar-refractivity contribution in [2.24, 2.45) is 0 Å².